The first kappa shape index (κ1) is 28.4. The highest BCUT2D eigenvalue weighted by Crippen LogP contribution is 2.23. The minimum atomic E-state index is -0.900. The Kier molecular flexibility index (Phi) is 9.84. The molecule has 206 valence electrons. The van der Waals surface area contributed by atoms with Gasteiger partial charge in [0.15, 0.2) is 0 Å². The summed E-state index contributed by atoms with van der Waals surface area (Å²) in [7, 11) is 0. The molecule has 1 atom stereocenters. The number of nitrogens with zero attached hydrogens (tertiary/aromatic N) is 2. The summed E-state index contributed by atoms with van der Waals surface area (Å²) in [6, 6.07) is 10.7. The number of furan rings is 1. The van der Waals surface area contributed by atoms with Crippen molar-refractivity contribution in [3.05, 3.63) is 91.8 Å². The number of benzene rings is 1. The van der Waals surface area contributed by atoms with Crippen molar-refractivity contribution in [3.8, 4) is 0 Å². The summed E-state index contributed by atoms with van der Waals surface area (Å²) < 4.78 is 10.7. The topological polar surface area (TPSA) is 114 Å². The lowest BCUT2D eigenvalue weighted by Crippen LogP contribution is -2.46. The van der Waals surface area contributed by atoms with Crippen LogP contribution in [0.5, 0.6) is 0 Å². The highest BCUT2D eigenvalue weighted by atomic mass is 35.5. The summed E-state index contributed by atoms with van der Waals surface area (Å²) in [5, 5.41) is 7.77. The molecule has 0 saturated carbocycles. The zero-order valence-electron chi connectivity index (χ0n) is 21.5. The van der Waals surface area contributed by atoms with E-state index in [4.69, 9.17) is 36.9 Å². The quantitative estimate of drug-likeness (QED) is 0.243. The van der Waals surface area contributed by atoms with Gasteiger partial charge in [-0.25, -0.2) is 4.79 Å². The summed E-state index contributed by atoms with van der Waals surface area (Å²) in [4.78, 5) is 46.0. The second-order valence-corrected chi connectivity index (χ2v) is 10.0. The molecule has 9 nitrogen and oxygen atoms in total. The van der Waals surface area contributed by atoms with E-state index in [1.165, 1.54) is 17.2 Å². The average molecular weight is 574 g/mol. The highest BCUT2D eigenvalue weighted by molar-refractivity contribution is 6.42. The van der Waals surface area contributed by atoms with Crippen LogP contribution in [0.1, 0.15) is 60.0 Å². The molecule has 1 saturated heterocycles. The zero-order chi connectivity index (χ0) is 27.8. The van der Waals surface area contributed by atoms with Crippen LogP contribution in [0.4, 0.5) is 0 Å². The van der Waals surface area contributed by atoms with Crippen molar-refractivity contribution in [1.29, 1.82) is 0 Å². The predicted octanol–water partition coefficient (Wildman–Crippen LogP) is 5.38. The Labute approximate surface area is 235 Å². The Bertz CT molecular complexity index is 1390. The van der Waals surface area contributed by atoms with Crippen LogP contribution in [0.25, 0.3) is 0 Å². The van der Waals surface area contributed by atoms with Crippen molar-refractivity contribution in [3.63, 3.8) is 0 Å². The molecule has 1 aliphatic heterocycles. The second-order valence-electron chi connectivity index (χ2n) is 9.19. The van der Waals surface area contributed by atoms with Gasteiger partial charge in [-0.1, -0.05) is 54.2 Å². The van der Waals surface area contributed by atoms with Gasteiger partial charge in [0.2, 0.25) is 5.91 Å². The van der Waals surface area contributed by atoms with Crippen LogP contribution in [0.2, 0.25) is 10.0 Å². The van der Waals surface area contributed by atoms with Gasteiger partial charge in [-0.15, -0.1) is 0 Å². The smallest absolute Gasteiger partial charge is 0.348 e. The maximum Gasteiger partial charge on any atom is 0.348 e. The van der Waals surface area contributed by atoms with Crippen molar-refractivity contribution in [2.75, 3.05) is 6.54 Å². The summed E-state index contributed by atoms with van der Waals surface area (Å²) in [6.45, 7) is 2.37. The maximum absolute atomic E-state index is 13.4. The SMILES string of the molecule is CCCCCc1ccc(C(=O)N2C/C(=N/OCc3ccc(Cl)c(Cl)c3)C[C@H]2C(=O)NCc2ccco2)c(=O)o1. The highest BCUT2D eigenvalue weighted by Gasteiger charge is 2.39. The van der Waals surface area contributed by atoms with Crippen LogP contribution >= 0.6 is 23.2 Å². The number of likely N-dealkylation sites (tertiary alicyclic amines) is 1. The van der Waals surface area contributed by atoms with E-state index in [2.05, 4.69) is 17.4 Å². The largest absolute Gasteiger partial charge is 0.467 e. The summed E-state index contributed by atoms with van der Waals surface area (Å²) in [6.07, 6.45) is 5.21. The van der Waals surface area contributed by atoms with Gasteiger partial charge in [0.25, 0.3) is 5.91 Å². The summed E-state index contributed by atoms with van der Waals surface area (Å²) >= 11 is 12.0. The molecule has 2 aromatic heterocycles. The van der Waals surface area contributed by atoms with E-state index < -0.39 is 23.5 Å². The fraction of sp³-hybridized carbons (Fsp3) is 0.357. The number of carbonyl (C=O) groups is 2. The van der Waals surface area contributed by atoms with Crippen molar-refractivity contribution in [2.24, 2.45) is 5.16 Å². The number of oxime groups is 1. The molecule has 4 rings (SSSR count). The van der Waals surface area contributed by atoms with E-state index in [1.807, 2.05) is 0 Å². The van der Waals surface area contributed by atoms with Crippen molar-refractivity contribution in [2.45, 2.75) is 58.2 Å². The molecule has 1 aromatic carbocycles. The van der Waals surface area contributed by atoms with Gasteiger partial charge in [-0.05, 0) is 48.4 Å². The van der Waals surface area contributed by atoms with Crippen LogP contribution in [0.3, 0.4) is 0 Å². The van der Waals surface area contributed by atoms with E-state index in [0.717, 1.165) is 24.8 Å². The average Bonchev–Trinajstić information content (AvgIpc) is 3.60. The molecule has 0 unspecified atom stereocenters. The molecule has 11 heteroatoms. The molecular weight excluding hydrogens is 545 g/mol. The van der Waals surface area contributed by atoms with E-state index in [0.29, 0.717) is 33.7 Å². The van der Waals surface area contributed by atoms with Crippen molar-refractivity contribution >= 4 is 40.7 Å². The number of unbranched alkanes of at least 4 members (excludes halogenated alkanes) is 2. The van der Waals surface area contributed by atoms with Gasteiger partial charge in [-0.3, -0.25) is 9.59 Å². The minimum absolute atomic E-state index is 0.0107. The number of aryl methyl sites for hydroxylation is 1. The van der Waals surface area contributed by atoms with Crippen molar-refractivity contribution < 1.29 is 23.3 Å². The normalized spacial score (nSPS) is 16.0. The van der Waals surface area contributed by atoms with Gasteiger partial charge in [0, 0.05) is 12.8 Å². The lowest BCUT2D eigenvalue weighted by molar-refractivity contribution is -0.125. The minimum Gasteiger partial charge on any atom is -0.467 e. The van der Waals surface area contributed by atoms with Gasteiger partial charge >= 0.3 is 5.63 Å². The number of rotatable bonds is 11. The lowest BCUT2D eigenvalue weighted by Gasteiger charge is -2.22. The first-order valence-corrected chi connectivity index (χ1v) is 13.5. The third-order valence-corrected chi connectivity index (χ3v) is 7.02. The summed E-state index contributed by atoms with van der Waals surface area (Å²) in [5.41, 5.74) is 0.354. The van der Waals surface area contributed by atoms with Crippen LogP contribution in [-0.2, 0) is 29.2 Å². The Balaban J connectivity index is 1.49. The molecule has 1 N–H and O–H groups in total. The molecule has 3 aromatic rings. The Morgan fingerprint density at radius 2 is 1.97 bits per heavy atom. The molecule has 0 spiro atoms. The molecule has 1 fully saturated rings. The van der Waals surface area contributed by atoms with Crippen LogP contribution in [0, 0.1) is 0 Å². The fourth-order valence-electron chi connectivity index (χ4n) is 4.20. The first-order valence-electron chi connectivity index (χ1n) is 12.7. The van der Waals surface area contributed by atoms with Crippen LogP contribution in [0.15, 0.2) is 67.5 Å². The Morgan fingerprint density at radius 1 is 1.13 bits per heavy atom. The third kappa shape index (κ3) is 7.52. The Morgan fingerprint density at radius 3 is 2.69 bits per heavy atom. The standard InChI is InChI=1S/C28H29Cl2N3O6/c1-2-3-4-6-20-9-10-22(28(36)39-20)27(35)33-16-19(32-38-17-18-8-11-23(29)24(30)13-18)14-25(33)26(34)31-15-21-7-5-12-37-21/h5,7-13,25H,2-4,6,14-17H2,1H3,(H,31,34)/b32-19+/t25-/m0/s1. The summed E-state index contributed by atoms with van der Waals surface area (Å²) in [5.74, 6) is 0.0705. The number of hydrogen-bond acceptors (Lipinski definition) is 7. The lowest BCUT2D eigenvalue weighted by atomic mass is 10.1. The first-order chi connectivity index (χ1) is 18.9. The van der Waals surface area contributed by atoms with Gasteiger partial charge < -0.3 is 23.9 Å². The van der Waals surface area contributed by atoms with Gasteiger partial charge in [0.05, 0.1) is 35.1 Å². The van der Waals surface area contributed by atoms with E-state index in [1.54, 1.807) is 36.4 Å². The molecule has 1 aliphatic rings. The van der Waals surface area contributed by atoms with E-state index in [-0.39, 0.29) is 31.7 Å². The zero-order valence-corrected chi connectivity index (χ0v) is 23.0. The maximum atomic E-state index is 13.4. The molecule has 0 aliphatic carbocycles. The molecule has 3 heterocycles. The third-order valence-electron chi connectivity index (χ3n) is 6.28. The number of carbonyl (C=O) groups excluding carboxylic acids is 2. The molecule has 0 bridgehead atoms. The van der Waals surface area contributed by atoms with E-state index in [9.17, 15) is 14.4 Å². The molecular formula is C28H29Cl2N3O6. The van der Waals surface area contributed by atoms with Crippen LogP contribution in [-0.4, -0.2) is 35.0 Å². The number of nitrogens with one attached hydrogen (secondary N) is 1. The number of halogens is 2. The monoisotopic (exact) mass is 573 g/mol. The molecule has 39 heavy (non-hydrogen) atoms. The van der Waals surface area contributed by atoms with Gasteiger partial charge in [0.1, 0.15) is 29.7 Å². The van der Waals surface area contributed by atoms with Gasteiger partial charge in [-0.2, -0.15) is 0 Å². The molecule has 0 radical (unpaired) electrons. The van der Waals surface area contributed by atoms with Crippen LogP contribution < -0.4 is 10.9 Å². The fourth-order valence-corrected chi connectivity index (χ4v) is 4.52. The number of hydrogen-bond donors (Lipinski definition) is 1. The predicted molar refractivity (Wildman–Crippen MR) is 147 cm³/mol. The second kappa shape index (κ2) is 13.5. The van der Waals surface area contributed by atoms with Crippen molar-refractivity contribution in [1.82, 2.24) is 10.2 Å². The number of amides is 2. The Hall–Kier alpha value is -3.56. The van der Waals surface area contributed by atoms with E-state index >= 15 is 0 Å². The molecule has 2 amide bonds.